The summed E-state index contributed by atoms with van der Waals surface area (Å²) in [5, 5.41) is 7.34. The summed E-state index contributed by atoms with van der Waals surface area (Å²) >= 11 is 3.41. The van der Waals surface area contributed by atoms with Crippen LogP contribution < -0.4 is 25.0 Å². The number of hydrazone groups is 1. The second kappa shape index (κ2) is 12.2. The molecule has 2 N–H and O–H groups in total. The van der Waals surface area contributed by atoms with Gasteiger partial charge in [-0.15, -0.1) is 0 Å². The number of hydrogen-bond acceptors (Lipinski definition) is 7. The molecular formula is C27H23BrFN3O6. The predicted molar refractivity (Wildman–Crippen MR) is 144 cm³/mol. The molecule has 0 aliphatic heterocycles. The summed E-state index contributed by atoms with van der Waals surface area (Å²) in [7, 11) is 1.45. The highest BCUT2D eigenvalue weighted by molar-refractivity contribution is 9.10. The summed E-state index contributed by atoms with van der Waals surface area (Å²) in [5.41, 5.74) is 4.01. The van der Waals surface area contributed by atoms with Gasteiger partial charge in [-0.1, -0.05) is 0 Å². The van der Waals surface area contributed by atoms with Crippen molar-refractivity contribution in [3.05, 3.63) is 82.3 Å². The van der Waals surface area contributed by atoms with E-state index in [0.717, 1.165) is 5.39 Å². The molecule has 4 aromatic rings. The third kappa shape index (κ3) is 6.68. The average molecular weight is 584 g/mol. The number of anilines is 1. The number of carbonyl (C=O) groups excluding carboxylic acids is 2. The van der Waals surface area contributed by atoms with Crippen LogP contribution >= 0.6 is 15.9 Å². The van der Waals surface area contributed by atoms with Crippen molar-refractivity contribution >= 4 is 50.6 Å². The summed E-state index contributed by atoms with van der Waals surface area (Å²) in [6.45, 7) is 2.12. The zero-order valence-electron chi connectivity index (χ0n) is 20.4. The highest BCUT2D eigenvalue weighted by Crippen LogP contribution is 2.36. The van der Waals surface area contributed by atoms with E-state index in [1.165, 1.54) is 37.6 Å². The van der Waals surface area contributed by atoms with Crippen LogP contribution in [0, 0.1) is 5.82 Å². The summed E-state index contributed by atoms with van der Waals surface area (Å²) in [6, 6.07) is 15.6. The first-order valence-electron chi connectivity index (χ1n) is 11.4. The van der Waals surface area contributed by atoms with Gasteiger partial charge in [-0.3, -0.25) is 9.59 Å². The monoisotopic (exact) mass is 583 g/mol. The van der Waals surface area contributed by atoms with E-state index in [4.69, 9.17) is 18.6 Å². The molecule has 3 aromatic carbocycles. The molecule has 1 heterocycles. The van der Waals surface area contributed by atoms with Crippen LogP contribution in [0.2, 0.25) is 0 Å². The first-order chi connectivity index (χ1) is 18.4. The second-order valence-electron chi connectivity index (χ2n) is 7.82. The summed E-state index contributed by atoms with van der Waals surface area (Å²) in [5.74, 6) is 0.0773. The van der Waals surface area contributed by atoms with Crippen LogP contribution in [0.25, 0.3) is 11.0 Å². The third-order valence-corrected chi connectivity index (χ3v) is 5.72. The van der Waals surface area contributed by atoms with E-state index in [2.05, 4.69) is 31.8 Å². The lowest BCUT2D eigenvalue weighted by Crippen LogP contribution is -2.20. The van der Waals surface area contributed by atoms with Crippen molar-refractivity contribution in [2.75, 3.05) is 25.6 Å². The molecule has 11 heteroatoms. The molecule has 0 aliphatic carbocycles. The number of halogens is 2. The van der Waals surface area contributed by atoms with E-state index < -0.39 is 17.6 Å². The number of nitrogens with one attached hydrogen (secondary N) is 2. The molecule has 0 atom stereocenters. The Labute approximate surface area is 225 Å². The van der Waals surface area contributed by atoms with Gasteiger partial charge in [0.15, 0.2) is 23.9 Å². The first kappa shape index (κ1) is 26.7. The predicted octanol–water partition coefficient (Wildman–Crippen LogP) is 5.52. The Bertz CT molecular complexity index is 1490. The Morgan fingerprint density at radius 2 is 1.87 bits per heavy atom. The van der Waals surface area contributed by atoms with Gasteiger partial charge in [-0.2, -0.15) is 5.10 Å². The van der Waals surface area contributed by atoms with Crippen molar-refractivity contribution < 1.29 is 32.6 Å². The maximum atomic E-state index is 13.0. The quantitative estimate of drug-likeness (QED) is 0.188. The van der Waals surface area contributed by atoms with Crippen molar-refractivity contribution in [1.29, 1.82) is 0 Å². The van der Waals surface area contributed by atoms with Crippen molar-refractivity contribution in [3.63, 3.8) is 0 Å². The van der Waals surface area contributed by atoms with Gasteiger partial charge in [-0.05, 0) is 89.1 Å². The van der Waals surface area contributed by atoms with E-state index in [-0.39, 0.29) is 12.4 Å². The number of ether oxygens (including phenoxy) is 3. The van der Waals surface area contributed by atoms with Gasteiger partial charge >= 0.3 is 5.91 Å². The van der Waals surface area contributed by atoms with Gasteiger partial charge in [0.1, 0.15) is 17.1 Å². The van der Waals surface area contributed by atoms with E-state index in [0.29, 0.717) is 45.2 Å². The number of fused-ring (bicyclic) bond motifs is 1. The first-order valence-corrected chi connectivity index (χ1v) is 12.2. The van der Waals surface area contributed by atoms with Crippen LogP contribution in [-0.4, -0.2) is 38.4 Å². The smallest absolute Gasteiger partial charge is 0.307 e. The zero-order valence-corrected chi connectivity index (χ0v) is 22.0. The van der Waals surface area contributed by atoms with Gasteiger partial charge in [-0.25, -0.2) is 9.82 Å². The molecule has 1 aromatic heterocycles. The Hall–Kier alpha value is -4.38. The highest BCUT2D eigenvalue weighted by atomic mass is 79.9. The lowest BCUT2D eigenvalue weighted by atomic mass is 10.2. The number of amides is 2. The minimum atomic E-state index is -0.520. The van der Waals surface area contributed by atoms with Crippen molar-refractivity contribution in [3.8, 4) is 17.2 Å². The molecule has 38 heavy (non-hydrogen) atoms. The maximum absolute atomic E-state index is 13.0. The topological polar surface area (TPSA) is 111 Å². The molecule has 0 aliphatic rings. The van der Waals surface area contributed by atoms with Gasteiger partial charge in [0.25, 0.3) is 5.91 Å². The Kier molecular flexibility index (Phi) is 8.59. The summed E-state index contributed by atoms with van der Waals surface area (Å²) in [4.78, 5) is 24.7. The fourth-order valence-electron chi connectivity index (χ4n) is 3.43. The van der Waals surface area contributed by atoms with Crippen LogP contribution in [0.15, 0.2) is 74.7 Å². The van der Waals surface area contributed by atoms with Gasteiger partial charge in [0, 0.05) is 11.1 Å². The molecule has 0 radical (unpaired) electrons. The molecule has 2 amide bonds. The minimum Gasteiger partial charge on any atom is -0.494 e. The summed E-state index contributed by atoms with van der Waals surface area (Å²) in [6.07, 6.45) is 1.42. The Morgan fingerprint density at radius 1 is 1.08 bits per heavy atom. The van der Waals surface area contributed by atoms with Crippen molar-refractivity contribution in [1.82, 2.24) is 5.43 Å². The normalized spacial score (nSPS) is 10.9. The van der Waals surface area contributed by atoms with Crippen LogP contribution in [0.3, 0.4) is 0 Å². The van der Waals surface area contributed by atoms with E-state index in [9.17, 15) is 14.0 Å². The molecular weight excluding hydrogens is 561 g/mol. The molecule has 9 nitrogen and oxygen atoms in total. The van der Waals surface area contributed by atoms with Gasteiger partial charge < -0.3 is 23.9 Å². The van der Waals surface area contributed by atoms with Crippen LogP contribution in [-0.2, 0) is 4.79 Å². The standard InChI is InChI=1S/C27H23BrFN3O6/c1-3-36-20-8-9-22-17(12-20)13-24(38-22)27(34)32-30-14-16-10-21(28)26(23(11-16)35-2)37-15-25(33)31-19-6-4-18(29)5-7-19/h4-14H,3,15H2,1-2H3,(H,31,33)(H,32,34)/b30-14+. The van der Waals surface area contributed by atoms with E-state index in [1.54, 1.807) is 36.4 Å². The SMILES string of the molecule is CCOc1ccc2oc(C(=O)N/N=C/c3cc(Br)c(OCC(=O)Nc4ccc(F)cc4)c(OC)c3)cc2c1. The lowest BCUT2D eigenvalue weighted by molar-refractivity contribution is -0.118. The highest BCUT2D eigenvalue weighted by Gasteiger charge is 2.15. The molecule has 0 fully saturated rings. The van der Waals surface area contributed by atoms with Crippen molar-refractivity contribution in [2.45, 2.75) is 6.92 Å². The fourth-order valence-corrected chi connectivity index (χ4v) is 4.01. The molecule has 0 saturated heterocycles. The number of carbonyl (C=O) groups is 2. The average Bonchev–Trinajstić information content (AvgIpc) is 3.33. The largest absolute Gasteiger partial charge is 0.494 e. The van der Waals surface area contributed by atoms with Gasteiger partial charge in [0.05, 0.1) is 24.4 Å². The molecule has 0 saturated carbocycles. The molecule has 0 spiro atoms. The third-order valence-electron chi connectivity index (χ3n) is 5.13. The maximum Gasteiger partial charge on any atom is 0.307 e. The number of hydrogen-bond donors (Lipinski definition) is 2. The minimum absolute atomic E-state index is 0.104. The second-order valence-corrected chi connectivity index (χ2v) is 8.67. The lowest BCUT2D eigenvalue weighted by Gasteiger charge is -2.13. The summed E-state index contributed by atoms with van der Waals surface area (Å²) < 4.78 is 35.6. The van der Waals surface area contributed by atoms with Gasteiger partial charge in [0.2, 0.25) is 0 Å². The molecule has 4 rings (SSSR count). The number of benzene rings is 3. The van der Waals surface area contributed by atoms with Crippen LogP contribution in [0.4, 0.5) is 10.1 Å². The number of rotatable bonds is 10. The van der Waals surface area contributed by atoms with Crippen molar-refractivity contribution in [2.24, 2.45) is 5.10 Å². The van der Waals surface area contributed by atoms with E-state index in [1.807, 2.05) is 6.92 Å². The number of furan rings is 1. The zero-order chi connectivity index (χ0) is 27.1. The number of nitrogens with zero attached hydrogens (tertiary/aromatic N) is 1. The molecule has 0 unspecified atom stereocenters. The van der Waals surface area contributed by atoms with Crippen LogP contribution in [0.5, 0.6) is 17.2 Å². The van der Waals surface area contributed by atoms with E-state index >= 15 is 0 Å². The Balaban J connectivity index is 1.38. The number of methoxy groups -OCH3 is 1. The van der Waals surface area contributed by atoms with Crippen LogP contribution in [0.1, 0.15) is 23.0 Å². The molecule has 0 bridgehead atoms. The molecule has 196 valence electrons. The Morgan fingerprint density at radius 3 is 2.61 bits per heavy atom. The fraction of sp³-hybridized carbons (Fsp3) is 0.148.